The summed E-state index contributed by atoms with van der Waals surface area (Å²) in [6.07, 6.45) is 9.00. The second kappa shape index (κ2) is 11.2. The Morgan fingerprint density at radius 3 is 2.25 bits per heavy atom. The Morgan fingerprint density at radius 1 is 0.654 bits per heavy atom. The van der Waals surface area contributed by atoms with Crippen LogP contribution in [0.2, 0.25) is 0 Å². The third-order valence-electron chi connectivity index (χ3n) is 12.2. The number of benzene rings is 4. The van der Waals surface area contributed by atoms with Crippen molar-refractivity contribution in [3.05, 3.63) is 138 Å². The van der Waals surface area contributed by atoms with Crippen molar-refractivity contribution in [1.82, 2.24) is 4.40 Å². The van der Waals surface area contributed by atoms with Crippen molar-refractivity contribution in [2.45, 2.75) is 91.1 Å². The van der Waals surface area contributed by atoms with Crippen molar-refractivity contribution >= 4 is 38.1 Å². The Labute approximate surface area is 307 Å². The van der Waals surface area contributed by atoms with Crippen LogP contribution in [0.4, 0.5) is 0 Å². The first kappa shape index (κ1) is 31.7. The molecule has 8 aromatic rings. The quantitative estimate of drug-likeness (QED) is 0.153. The maximum atomic E-state index is 2.60. The van der Waals surface area contributed by atoms with E-state index in [-0.39, 0.29) is 10.8 Å². The molecule has 3 nitrogen and oxygen atoms in total. The first-order valence-corrected chi connectivity index (χ1v) is 19.4. The molecular formula is C49H49N3+2. The van der Waals surface area contributed by atoms with Crippen LogP contribution in [0.3, 0.4) is 0 Å². The lowest BCUT2D eigenvalue weighted by Gasteiger charge is -2.31. The normalized spacial score (nSPS) is 17.6. The van der Waals surface area contributed by atoms with Crippen LogP contribution in [0.15, 0.2) is 116 Å². The molecule has 0 N–H and O–H groups in total. The van der Waals surface area contributed by atoms with Gasteiger partial charge in [-0.25, -0.2) is 0 Å². The number of rotatable bonds is 1. The number of aryl methyl sites for hydroxylation is 2. The van der Waals surface area contributed by atoms with Crippen molar-refractivity contribution in [3.63, 3.8) is 0 Å². The molecule has 0 saturated heterocycles. The van der Waals surface area contributed by atoms with Gasteiger partial charge in [-0.2, -0.15) is 9.13 Å². The van der Waals surface area contributed by atoms with Gasteiger partial charge in [-0.1, -0.05) is 77.9 Å². The van der Waals surface area contributed by atoms with Gasteiger partial charge in [-0.05, 0) is 94.8 Å². The van der Waals surface area contributed by atoms with Gasteiger partial charge in [0.15, 0.2) is 25.0 Å². The van der Waals surface area contributed by atoms with Gasteiger partial charge in [-0.3, -0.25) is 0 Å². The molecule has 0 fully saturated rings. The zero-order chi connectivity index (χ0) is 35.5. The third kappa shape index (κ3) is 4.85. The fraction of sp³-hybridized carbons (Fsp3) is 0.306. The number of hydrogen-bond donors (Lipinski definition) is 0. The molecule has 0 saturated carbocycles. The molecule has 2 unspecified atom stereocenters. The van der Waals surface area contributed by atoms with Crippen LogP contribution >= 0.6 is 0 Å². The van der Waals surface area contributed by atoms with Gasteiger partial charge >= 0.3 is 0 Å². The van der Waals surface area contributed by atoms with E-state index < -0.39 is 0 Å². The summed E-state index contributed by atoms with van der Waals surface area (Å²) < 4.78 is 7.75. The highest BCUT2D eigenvalue weighted by Crippen LogP contribution is 2.46. The molecule has 10 rings (SSSR count). The molecule has 52 heavy (non-hydrogen) atoms. The van der Waals surface area contributed by atoms with Crippen molar-refractivity contribution in [1.29, 1.82) is 0 Å². The van der Waals surface area contributed by atoms with Crippen molar-refractivity contribution in [2.24, 2.45) is 5.41 Å². The van der Waals surface area contributed by atoms with Crippen LogP contribution in [-0.4, -0.2) is 4.40 Å². The Hall–Kier alpha value is -5.02. The highest BCUT2D eigenvalue weighted by atomic mass is 15.0. The van der Waals surface area contributed by atoms with Crippen LogP contribution in [0.25, 0.3) is 60.6 Å². The van der Waals surface area contributed by atoms with E-state index in [9.17, 15) is 0 Å². The van der Waals surface area contributed by atoms with Crippen molar-refractivity contribution in [3.8, 4) is 22.5 Å². The average molecular weight is 680 g/mol. The molecular weight excluding hydrogens is 631 g/mol. The van der Waals surface area contributed by atoms with Gasteiger partial charge in [0, 0.05) is 57.3 Å². The molecule has 0 radical (unpaired) electrons. The molecule has 2 aliphatic rings. The van der Waals surface area contributed by atoms with Crippen LogP contribution in [0, 0.1) is 5.41 Å². The smallest absolute Gasteiger partial charge is 0.213 e. The van der Waals surface area contributed by atoms with Crippen molar-refractivity contribution < 1.29 is 9.13 Å². The van der Waals surface area contributed by atoms with Gasteiger partial charge in [0.1, 0.15) is 0 Å². The molecule has 6 heterocycles. The Balaban J connectivity index is 1.25. The lowest BCUT2D eigenvalue weighted by Crippen LogP contribution is -2.50. The maximum absolute atomic E-state index is 2.60. The molecule has 0 amide bonds. The minimum absolute atomic E-state index is 0.0458. The van der Waals surface area contributed by atoms with Gasteiger partial charge in [0.2, 0.25) is 11.4 Å². The highest BCUT2D eigenvalue weighted by molar-refractivity contribution is 6.24. The van der Waals surface area contributed by atoms with Gasteiger partial charge < -0.3 is 4.40 Å². The number of aromatic nitrogens is 3. The predicted molar refractivity (Wildman–Crippen MR) is 215 cm³/mol. The van der Waals surface area contributed by atoms with E-state index in [1.807, 2.05) is 0 Å². The topological polar surface area (TPSA) is 12.2 Å². The molecule has 0 aliphatic carbocycles. The van der Waals surface area contributed by atoms with E-state index in [0.717, 1.165) is 32.2 Å². The Bertz CT molecular complexity index is 2700. The minimum Gasteiger partial charge on any atom is -0.308 e. The summed E-state index contributed by atoms with van der Waals surface area (Å²) >= 11 is 0. The fourth-order valence-electron chi connectivity index (χ4n) is 9.88. The first-order valence-electron chi connectivity index (χ1n) is 19.4. The molecule has 2 atom stereocenters. The lowest BCUT2D eigenvalue weighted by atomic mass is 9.77. The SMILES string of the molecule is CC(C)(C)Cc1cc[n+]2c(c1)-c1cc3c4cc(C(C)(C)C)cc5c6ccccc6n(c3cc1CCC1c3ccccc3-c3cccc[n+]3C1CC2)c54. The predicted octanol–water partition coefficient (Wildman–Crippen LogP) is 11.3. The first-order chi connectivity index (χ1) is 25.0. The van der Waals surface area contributed by atoms with Crippen LogP contribution < -0.4 is 9.13 Å². The van der Waals surface area contributed by atoms with Gasteiger partial charge in [0.05, 0.1) is 28.5 Å². The Kier molecular flexibility index (Phi) is 6.85. The largest absolute Gasteiger partial charge is 0.308 e. The van der Waals surface area contributed by atoms with Crippen LogP contribution in [0.5, 0.6) is 0 Å². The number of para-hydroxylation sites is 1. The monoisotopic (exact) mass is 679 g/mol. The summed E-state index contributed by atoms with van der Waals surface area (Å²) in [6.45, 7) is 15.1. The third-order valence-corrected chi connectivity index (χ3v) is 12.2. The van der Waals surface area contributed by atoms with Crippen molar-refractivity contribution in [2.75, 3.05) is 0 Å². The van der Waals surface area contributed by atoms with E-state index in [4.69, 9.17) is 0 Å². The molecule has 0 bridgehead atoms. The molecule has 3 heteroatoms. The second-order valence-electron chi connectivity index (χ2n) is 18.0. The van der Waals surface area contributed by atoms with Gasteiger partial charge in [0.25, 0.3) is 0 Å². The standard InChI is InChI=1S/C49H49N3/c1-48(2,3)30-31-20-23-50-24-21-43-37(34-13-7-8-14-35(34)42-16-11-12-22-51(42)43)19-18-32-26-46-39(29-38(32)45(50)25-31)41-28-33(49(4,5)6)27-40-36-15-9-10-17-44(36)52(46)47(40)41/h7-17,20,22-23,25-29,37,43H,18-19,21,24,30H2,1-6H3/q+2. The highest BCUT2D eigenvalue weighted by Gasteiger charge is 2.41. The van der Waals surface area contributed by atoms with E-state index in [2.05, 4.69) is 171 Å². The summed E-state index contributed by atoms with van der Waals surface area (Å²) in [5.74, 6) is 0.435. The molecule has 4 aromatic heterocycles. The van der Waals surface area contributed by atoms with Crippen LogP contribution in [-0.2, 0) is 24.8 Å². The summed E-state index contributed by atoms with van der Waals surface area (Å²) in [5, 5.41) is 5.46. The summed E-state index contributed by atoms with van der Waals surface area (Å²) in [7, 11) is 0. The van der Waals surface area contributed by atoms with E-state index in [1.165, 1.54) is 82.9 Å². The number of pyridine rings is 2. The zero-order valence-electron chi connectivity index (χ0n) is 31.5. The maximum Gasteiger partial charge on any atom is 0.213 e. The summed E-state index contributed by atoms with van der Waals surface area (Å²) in [4.78, 5) is 0. The average Bonchev–Trinajstić information content (AvgIpc) is 3.63. The fourth-order valence-corrected chi connectivity index (χ4v) is 9.88. The summed E-state index contributed by atoms with van der Waals surface area (Å²) in [6, 6.07) is 40.4. The second-order valence-corrected chi connectivity index (χ2v) is 18.0. The van der Waals surface area contributed by atoms with E-state index in [0.29, 0.717) is 12.0 Å². The minimum atomic E-state index is 0.0458. The number of hydrogen-bond acceptors (Lipinski definition) is 0. The lowest BCUT2D eigenvalue weighted by molar-refractivity contribution is -0.738. The van der Waals surface area contributed by atoms with Crippen LogP contribution in [0.1, 0.15) is 88.6 Å². The molecule has 258 valence electrons. The number of fused-ring (bicyclic) bond motifs is 15. The van der Waals surface area contributed by atoms with Gasteiger partial charge in [-0.15, -0.1) is 0 Å². The Morgan fingerprint density at radius 2 is 1.42 bits per heavy atom. The molecule has 2 aliphatic heterocycles. The summed E-state index contributed by atoms with van der Waals surface area (Å²) in [5.41, 5.74) is 15.5. The molecule has 4 aromatic carbocycles. The number of nitrogens with zero attached hydrogens (tertiary/aromatic N) is 3. The van der Waals surface area contributed by atoms with E-state index in [1.54, 1.807) is 0 Å². The molecule has 0 spiro atoms. The zero-order valence-corrected chi connectivity index (χ0v) is 31.5. The van der Waals surface area contributed by atoms with E-state index >= 15 is 0 Å².